The molecule has 0 aromatic carbocycles. The number of methoxy groups -OCH3 is 2. The van der Waals surface area contributed by atoms with Gasteiger partial charge in [-0.3, -0.25) is 0 Å². The number of carbonyl (C=O) groups excluding carboxylic acids is 2. The average molecular weight is 186 g/mol. The van der Waals surface area contributed by atoms with E-state index in [9.17, 15) is 9.59 Å². The number of nitrogens with one attached hydrogen (secondary N) is 2. The molecule has 0 unspecified atom stereocenters. The van der Waals surface area contributed by atoms with Crippen LogP contribution >= 0.6 is 0 Å². The molecule has 1 heterocycles. The lowest BCUT2D eigenvalue weighted by Gasteiger charge is -2.02. The Labute approximate surface area is 74.9 Å². The molecule has 0 saturated carbocycles. The van der Waals surface area contributed by atoms with E-state index in [1.165, 1.54) is 14.2 Å². The third-order valence-corrected chi connectivity index (χ3v) is 1.56. The van der Waals surface area contributed by atoms with E-state index in [4.69, 9.17) is 0 Å². The first-order valence-corrected chi connectivity index (χ1v) is 3.59. The molecular weight excluding hydrogens is 176 g/mol. The van der Waals surface area contributed by atoms with E-state index in [2.05, 4.69) is 20.1 Å². The quantitative estimate of drug-likeness (QED) is 0.522. The zero-order chi connectivity index (χ0) is 9.84. The van der Waals surface area contributed by atoms with Crippen molar-refractivity contribution in [3.63, 3.8) is 0 Å². The molecule has 0 saturated heterocycles. The lowest BCUT2D eigenvalue weighted by Crippen LogP contribution is -2.19. The summed E-state index contributed by atoms with van der Waals surface area (Å²) in [5.41, 5.74) is 0.212. The molecule has 0 aliphatic carbocycles. The summed E-state index contributed by atoms with van der Waals surface area (Å²) >= 11 is 0. The second-order valence-electron chi connectivity index (χ2n) is 2.26. The first-order valence-electron chi connectivity index (χ1n) is 3.59. The predicted octanol–water partition coefficient (Wildman–Crippen LogP) is -1.31. The van der Waals surface area contributed by atoms with Crippen LogP contribution in [0.15, 0.2) is 11.4 Å². The fourth-order valence-electron chi connectivity index (χ4n) is 0.950. The monoisotopic (exact) mass is 186 g/mol. The highest BCUT2D eigenvalue weighted by molar-refractivity contribution is 6.00. The number of hydrogen-bond donors (Lipinski definition) is 2. The van der Waals surface area contributed by atoms with Crippen LogP contribution in [-0.4, -0.2) is 32.8 Å². The van der Waals surface area contributed by atoms with Crippen LogP contribution in [0.1, 0.15) is 0 Å². The van der Waals surface area contributed by atoms with Gasteiger partial charge in [0.05, 0.1) is 20.9 Å². The third kappa shape index (κ3) is 1.71. The smallest absolute Gasteiger partial charge is 0.356 e. The van der Waals surface area contributed by atoms with Gasteiger partial charge in [-0.1, -0.05) is 0 Å². The fraction of sp³-hybridized carbons (Fsp3) is 0.429. The van der Waals surface area contributed by atoms with E-state index in [1.54, 1.807) is 0 Å². The van der Waals surface area contributed by atoms with E-state index in [-0.39, 0.29) is 11.4 Å². The SMILES string of the molecule is COC(=O)C1=C(C(=O)OC)NCN1. The van der Waals surface area contributed by atoms with Gasteiger partial charge in [0.1, 0.15) is 0 Å². The van der Waals surface area contributed by atoms with Gasteiger partial charge in [0.25, 0.3) is 0 Å². The van der Waals surface area contributed by atoms with Crippen molar-refractivity contribution >= 4 is 11.9 Å². The van der Waals surface area contributed by atoms with Gasteiger partial charge in [-0.2, -0.15) is 0 Å². The lowest BCUT2D eigenvalue weighted by molar-refractivity contribution is -0.139. The highest BCUT2D eigenvalue weighted by atomic mass is 16.5. The van der Waals surface area contributed by atoms with Gasteiger partial charge < -0.3 is 20.1 Å². The highest BCUT2D eigenvalue weighted by Crippen LogP contribution is 2.06. The van der Waals surface area contributed by atoms with Crippen molar-refractivity contribution in [1.82, 2.24) is 10.6 Å². The van der Waals surface area contributed by atoms with Crippen LogP contribution in [0.4, 0.5) is 0 Å². The molecule has 0 spiro atoms. The zero-order valence-corrected chi connectivity index (χ0v) is 7.34. The summed E-state index contributed by atoms with van der Waals surface area (Å²) in [6, 6.07) is 0. The standard InChI is InChI=1S/C7H10N2O4/c1-12-6(10)4-5(7(11)13-2)9-3-8-4/h8-9H,3H2,1-2H3. The Bertz CT molecular complexity index is 246. The van der Waals surface area contributed by atoms with Gasteiger partial charge >= 0.3 is 11.9 Å². The van der Waals surface area contributed by atoms with E-state index < -0.39 is 11.9 Å². The topological polar surface area (TPSA) is 76.7 Å². The van der Waals surface area contributed by atoms with E-state index in [0.29, 0.717) is 6.67 Å². The third-order valence-electron chi connectivity index (χ3n) is 1.56. The molecule has 0 aromatic rings. The first-order chi connectivity index (χ1) is 6.20. The van der Waals surface area contributed by atoms with Crippen LogP contribution in [0.5, 0.6) is 0 Å². The maximum Gasteiger partial charge on any atom is 0.356 e. The van der Waals surface area contributed by atoms with E-state index in [1.807, 2.05) is 0 Å². The zero-order valence-electron chi connectivity index (χ0n) is 7.34. The van der Waals surface area contributed by atoms with Gasteiger partial charge in [0.15, 0.2) is 11.4 Å². The number of ether oxygens (including phenoxy) is 2. The Morgan fingerprint density at radius 3 is 1.77 bits per heavy atom. The number of carbonyl (C=O) groups is 2. The molecule has 0 atom stereocenters. The van der Waals surface area contributed by atoms with Gasteiger partial charge in [-0.05, 0) is 0 Å². The summed E-state index contributed by atoms with van der Waals surface area (Å²) < 4.78 is 8.90. The molecule has 1 aliphatic rings. The highest BCUT2D eigenvalue weighted by Gasteiger charge is 2.26. The first kappa shape index (κ1) is 9.37. The number of hydrogen-bond acceptors (Lipinski definition) is 6. The molecule has 0 fully saturated rings. The van der Waals surface area contributed by atoms with Crippen LogP contribution in [0.25, 0.3) is 0 Å². The molecule has 0 amide bonds. The van der Waals surface area contributed by atoms with Crippen LogP contribution in [0.3, 0.4) is 0 Å². The van der Waals surface area contributed by atoms with Gasteiger partial charge in [-0.25, -0.2) is 9.59 Å². The van der Waals surface area contributed by atoms with Gasteiger partial charge in [0, 0.05) is 0 Å². The van der Waals surface area contributed by atoms with Crippen molar-refractivity contribution in [2.45, 2.75) is 0 Å². The van der Waals surface area contributed by atoms with Crippen molar-refractivity contribution in [1.29, 1.82) is 0 Å². The lowest BCUT2D eigenvalue weighted by atomic mass is 10.3. The van der Waals surface area contributed by atoms with Crippen molar-refractivity contribution in [2.75, 3.05) is 20.9 Å². The molecule has 0 aromatic heterocycles. The van der Waals surface area contributed by atoms with E-state index in [0.717, 1.165) is 0 Å². The molecule has 2 N–H and O–H groups in total. The van der Waals surface area contributed by atoms with Crippen molar-refractivity contribution in [3.8, 4) is 0 Å². The molecule has 0 bridgehead atoms. The molecule has 1 aliphatic heterocycles. The van der Waals surface area contributed by atoms with Crippen molar-refractivity contribution in [3.05, 3.63) is 11.4 Å². The average Bonchev–Trinajstić information content (AvgIpc) is 2.63. The summed E-state index contributed by atoms with van der Waals surface area (Å²) in [4.78, 5) is 22.1. The molecule has 0 radical (unpaired) electrons. The van der Waals surface area contributed by atoms with Crippen LogP contribution < -0.4 is 10.6 Å². The second kappa shape index (κ2) is 3.79. The summed E-state index contributed by atoms with van der Waals surface area (Å²) in [5, 5.41) is 5.33. The minimum atomic E-state index is -0.592. The van der Waals surface area contributed by atoms with Crippen LogP contribution in [0, 0.1) is 0 Å². The molecule has 72 valence electrons. The molecule has 1 rings (SSSR count). The molecule has 13 heavy (non-hydrogen) atoms. The maximum atomic E-state index is 11.1. The minimum Gasteiger partial charge on any atom is -0.464 e. The maximum absolute atomic E-state index is 11.1. The van der Waals surface area contributed by atoms with Crippen molar-refractivity contribution in [2.24, 2.45) is 0 Å². The fourth-order valence-corrected chi connectivity index (χ4v) is 0.950. The largest absolute Gasteiger partial charge is 0.464 e. The minimum absolute atomic E-state index is 0.106. The van der Waals surface area contributed by atoms with E-state index >= 15 is 0 Å². The number of rotatable bonds is 2. The van der Waals surface area contributed by atoms with Gasteiger partial charge in [0.2, 0.25) is 0 Å². The molecule has 6 heteroatoms. The Morgan fingerprint density at radius 2 is 1.46 bits per heavy atom. The Kier molecular flexibility index (Phi) is 2.73. The summed E-state index contributed by atoms with van der Waals surface area (Å²) in [7, 11) is 2.48. The van der Waals surface area contributed by atoms with Crippen LogP contribution in [-0.2, 0) is 19.1 Å². The normalized spacial score (nSPS) is 14.6. The van der Waals surface area contributed by atoms with Gasteiger partial charge in [-0.15, -0.1) is 0 Å². The predicted molar refractivity (Wildman–Crippen MR) is 42.2 cm³/mol. The Hall–Kier alpha value is -1.72. The summed E-state index contributed by atoms with van der Waals surface area (Å²) in [5.74, 6) is -1.18. The van der Waals surface area contributed by atoms with Crippen LogP contribution in [0.2, 0.25) is 0 Å². The summed E-state index contributed by atoms with van der Waals surface area (Å²) in [6.07, 6.45) is 0. The second-order valence-corrected chi connectivity index (χ2v) is 2.26. The Balaban J connectivity index is 2.89. The molecule has 6 nitrogen and oxygen atoms in total. The summed E-state index contributed by atoms with van der Waals surface area (Å²) in [6.45, 7) is 0.314. The van der Waals surface area contributed by atoms with Crippen molar-refractivity contribution < 1.29 is 19.1 Å². The molecular formula is C7H10N2O4. The number of esters is 2. The Morgan fingerprint density at radius 1 is 1.08 bits per heavy atom.